The van der Waals surface area contributed by atoms with Crippen molar-refractivity contribution in [3.63, 3.8) is 0 Å². The summed E-state index contributed by atoms with van der Waals surface area (Å²) in [7, 11) is 0. The molecule has 2 aromatic carbocycles. The van der Waals surface area contributed by atoms with E-state index in [9.17, 15) is 9.59 Å². The van der Waals surface area contributed by atoms with E-state index in [-0.39, 0.29) is 130 Å². The Balaban J connectivity index is -0.0000000599. The number of hydrogen-bond acceptors (Lipinski definition) is 8. The summed E-state index contributed by atoms with van der Waals surface area (Å²) in [5.41, 5.74) is 2.27. The van der Waals surface area contributed by atoms with Crippen LogP contribution in [-0.2, 0) is 95.7 Å². The van der Waals surface area contributed by atoms with E-state index in [2.05, 4.69) is 70.0 Å². The molecule has 2 saturated heterocycles. The van der Waals surface area contributed by atoms with Crippen molar-refractivity contribution in [1.29, 1.82) is 0 Å². The van der Waals surface area contributed by atoms with Crippen molar-refractivity contribution in [3.05, 3.63) is 71.8 Å². The number of halogens is 4. The first-order valence-electron chi connectivity index (χ1n) is 14.7. The molecule has 0 spiro atoms. The molecule has 2 aromatic rings. The molecule has 0 aliphatic carbocycles. The van der Waals surface area contributed by atoms with E-state index in [1.165, 1.54) is 0 Å². The van der Waals surface area contributed by atoms with E-state index in [1.807, 2.05) is 60.7 Å². The third-order valence-electron chi connectivity index (χ3n) is 6.78. The largest absolute Gasteiger partial charge is 7.00 e. The van der Waals surface area contributed by atoms with Crippen molar-refractivity contribution in [1.82, 2.24) is 41.7 Å². The summed E-state index contributed by atoms with van der Waals surface area (Å²) in [6.45, 7) is 13.5. The van der Waals surface area contributed by atoms with Gasteiger partial charge in [-0.15, -0.1) is 0 Å². The molecule has 0 saturated carbocycles. The molecule has 0 unspecified atom stereocenters. The number of amides is 2. The average molecular weight is 1200 g/mol. The van der Waals surface area contributed by atoms with E-state index in [0.29, 0.717) is 26.2 Å². The van der Waals surface area contributed by atoms with Gasteiger partial charge in [-0.2, -0.15) is 0 Å². The number of rotatable bonds is 8. The molecule has 0 atom stereocenters. The zero-order valence-corrected chi connectivity index (χ0v) is 39.6. The Kier molecular flexibility index (Phi) is 87.2. The second kappa shape index (κ2) is 57.4. The van der Waals surface area contributed by atoms with E-state index >= 15 is 0 Å². The molecule has 0 bridgehead atoms. The molecular formula is C30H52Br4N8O10Tc2. The van der Waals surface area contributed by atoms with Gasteiger partial charge in [-0.25, -0.2) is 0 Å². The van der Waals surface area contributed by atoms with Gasteiger partial charge >= 0.3 is 40.2 Å². The van der Waals surface area contributed by atoms with E-state index in [0.717, 1.165) is 89.7 Å². The van der Waals surface area contributed by atoms with Gasteiger partial charge in [0, 0.05) is 120 Å². The Hall–Kier alpha value is 0.0387. The van der Waals surface area contributed by atoms with E-state index in [4.69, 9.17) is 0 Å². The van der Waals surface area contributed by atoms with Crippen LogP contribution >= 0.6 is 28.3 Å². The topological polar surface area (TPSA) is 347 Å². The van der Waals surface area contributed by atoms with Crippen molar-refractivity contribution in [2.45, 2.75) is 13.1 Å². The fourth-order valence-corrected chi connectivity index (χ4v) is 4.45. The molecule has 0 aromatic heterocycles. The van der Waals surface area contributed by atoms with Crippen molar-refractivity contribution in [2.75, 3.05) is 91.6 Å². The number of carbonyl (C=O) groups is 2. The van der Waals surface area contributed by atoms with Gasteiger partial charge in [0.15, 0.2) is 0 Å². The zero-order chi connectivity index (χ0) is 30.1. The predicted molar refractivity (Wildman–Crippen MR) is 190 cm³/mol. The molecule has 2 heterocycles. The quantitative estimate of drug-likeness (QED) is 0.147. The first-order valence-corrected chi connectivity index (χ1v) is 18.4. The molecule has 2 aliphatic rings. The predicted octanol–water partition coefficient (Wildman–Crippen LogP) is -7.07. The number of nitrogens with zero attached hydrogens (tertiary/aromatic N) is 2. The van der Waals surface area contributed by atoms with Gasteiger partial charge in [-0.3, -0.25) is 19.4 Å². The van der Waals surface area contributed by atoms with Crippen LogP contribution < -0.4 is 65.9 Å². The third kappa shape index (κ3) is 43.2. The van der Waals surface area contributed by atoms with Crippen molar-refractivity contribution < 1.29 is 128 Å². The molecule has 2 aliphatic heterocycles. The van der Waals surface area contributed by atoms with Gasteiger partial charge in [0.2, 0.25) is 11.8 Å². The summed E-state index contributed by atoms with van der Waals surface area (Å²) in [6, 6.07) is 20.0. The van der Waals surface area contributed by atoms with Crippen molar-refractivity contribution in [2.24, 2.45) is 0 Å². The smallest absolute Gasteiger partial charge is 2.00 e. The summed E-state index contributed by atoms with van der Waals surface area (Å²) in [4.78, 5) is 28.3. The van der Waals surface area contributed by atoms with Crippen LogP contribution in [0.25, 0.3) is 0 Å². The summed E-state index contributed by atoms with van der Waals surface area (Å²) in [5.74, 6) is 0.182. The number of nitrogens with one attached hydrogen (secondary N) is 6. The maximum Gasteiger partial charge on any atom is 7.00 e. The Morgan fingerprint density at radius 1 is 0.500 bits per heavy atom. The zero-order valence-electron chi connectivity index (χ0n) is 29.5. The van der Waals surface area contributed by atoms with E-state index in [1.54, 1.807) is 0 Å². The molecular weight excluding hydrogens is 1150 g/mol. The molecule has 4 rings (SSSR count). The average Bonchev–Trinajstić information content (AvgIpc) is 3.25. The minimum atomic E-state index is 0. The summed E-state index contributed by atoms with van der Waals surface area (Å²) >= 11 is 5.50. The van der Waals surface area contributed by atoms with Crippen molar-refractivity contribution in [3.8, 4) is 0 Å². The maximum atomic E-state index is 12.0. The molecule has 2 amide bonds. The number of hydrogen-bond donors (Lipinski definition) is 6. The van der Waals surface area contributed by atoms with Crippen LogP contribution in [0.3, 0.4) is 0 Å². The van der Waals surface area contributed by atoms with Crippen LogP contribution in [0.2, 0.25) is 0 Å². The van der Waals surface area contributed by atoms with E-state index < -0.39 is 0 Å². The Labute approximate surface area is 382 Å². The van der Waals surface area contributed by atoms with Gasteiger partial charge in [0.25, 0.3) is 0 Å². The standard InChI is InChI=1S/2C15H24N4O.Br2.2BrH.2H2O.6O.2Tc/c2*20-15(18-12-14-4-2-1-3-5-14)13-19-10-8-16-6-7-17-9-11-19;1-2;;;;;;;;;;;;/h2*1-5,16-17H,6-13H2,(H,18,20);;2*1H;2*1H2;;;;;;;;/q;;;;;;;6*-2;2*+7/p-2. The first kappa shape index (κ1) is 82.1. The summed E-state index contributed by atoms with van der Waals surface area (Å²) in [6.07, 6.45) is 0. The van der Waals surface area contributed by atoms with Crippen LogP contribution in [0.1, 0.15) is 11.1 Å². The minimum Gasteiger partial charge on any atom is -2.00 e. The second-order valence-corrected chi connectivity index (χ2v) is 10.1. The maximum absolute atomic E-state index is 12.0. The fraction of sp³-hybridized carbons (Fsp3) is 0.533. The molecule has 18 nitrogen and oxygen atoms in total. The third-order valence-corrected chi connectivity index (χ3v) is 6.78. The van der Waals surface area contributed by atoms with Gasteiger partial charge in [0.1, 0.15) is 0 Å². The number of carbonyl (C=O) groups excluding carboxylic acids is 2. The van der Waals surface area contributed by atoms with Gasteiger partial charge in [-0.05, 0) is 11.1 Å². The van der Waals surface area contributed by atoms with Gasteiger partial charge < -0.3 is 110 Å². The fourth-order valence-electron chi connectivity index (χ4n) is 4.45. The summed E-state index contributed by atoms with van der Waals surface area (Å²) < 4.78 is 0. The normalized spacial score (nSPS) is 13.3. The Morgan fingerprint density at radius 2 is 0.741 bits per heavy atom. The second-order valence-electron chi connectivity index (χ2n) is 10.1. The Bertz CT molecular complexity index is 906. The number of benzene rings is 2. The Morgan fingerprint density at radius 3 is 0.981 bits per heavy atom. The molecule has 24 heteroatoms. The molecule has 54 heavy (non-hydrogen) atoms. The summed E-state index contributed by atoms with van der Waals surface area (Å²) in [5, 5.41) is 19.4. The van der Waals surface area contributed by atoms with Gasteiger partial charge in [0.05, 0.1) is 13.1 Å². The van der Waals surface area contributed by atoms with Crippen LogP contribution in [0.15, 0.2) is 60.7 Å². The van der Waals surface area contributed by atoms with Crippen molar-refractivity contribution >= 4 is 40.1 Å². The van der Waals surface area contributed by atoms with Crippen LogP contribution in [-0.4, -0.2) is 124 Å². The first-order chi connectivity index (χ1) is 20.7. The van der Waals surface area contributed by atoms with Crippen LogP contribution in [0.5, 0.6) is 0 Å². The molecule has 2 fully saturated rings. The van der Waals surface area contributed by atoms with Gasteiger partial charge in [-0.1, -0.05) is 60.7 Å². The monoisotopic (exact) mass is 1190 g/mol. The molecule has 0 radical (unpaired) electrons. The minimum absolute atomic E-state index is 0. The molecule has 10 N–H and O–H groups in total. The van der Waals surface area contributed by atoms with Crippen LogP contribution in [0, 0.1) is 0 Å². The van der Waals surface area contributed by atoms with Crippen LogP contribution in [0.4, 0.5) is 0 Å². The molecule has 314 valence electrons. The SMILES string of the molecule is BrBr.O.O.O=C(CN1CCNCCNCC1)NCc1ccccc1.O=C(CN1CCNCCNCC1)NCc1ccccc1.[Br-].[Br-].[O-2].[O-2].[O-2].[O-2].[O-2].[O-2].[Tc+7].[Tc+7].